The van der Waals surface area contributed by atoms with Gasteiger partial charge < -0.3 is 15.4 Å². The van der Waals surface area contributed by atoms with Gasteiger partial charge >= 0.3 is 0 Å². The Morgan fingerprint density at radius 3 is 2.50 bits per heavy atom. The number of nitrogens with zero attached hydrogens (tertiary/aromatic N) is 1. The Hall–Kier alpha value is -2.60. The summed E-state index contributed by atoms with van der Waals surface area (Å²) in [6.45, 7) is 5.54. The van der Waals surface area contributed by atoms with Crippen LogP contribution in [0.15, 0.2) is 36.4 Å². The molecule has 0 aromatic heterocycles. The molecule has 0 fully saturated rings. The molecule has 2 amide bonds. The number of benzene rings is 2. The molecule has 1 unspecified atom stereocenters. The normalized spacial score (nSPS) is 12.0. The lowest BCUT2D eigenvalue weighted by atomic mass is 10.0. The average Bonchev–Trinajstić information content (AvgIpc) is 2.61. The Morgan fingerprint density at radius 2 is 1.93 bits per heavy atom. The summed E-state index contributed by atoms with van der Waals surface area (Å²) >= 11 is 6.19. The van der Waals surface area contributed by atoms with Gasteiger partial charge in [-0.15, -0.1) is 0 Å². The van der Waals surface area contributed by atoms with Crippen molar-refractivity contribution in [2.45, 2.75) is 32.7 Å². The number of rotatable bonds is 7. The molecule has 0 bridgehead atoms. The second-order valence-corrected chi connectivity index (χ2v) is 7.35. The van der Waals surface area contributed by atoms with Crippen LogP contribution in [0.5, 0.6) is 5.75 Å². The standard InChI is InChI=1S/C21H24ClFN2O3/c1-12(2)16-10-17(22)13(3)8-18(16)28-11-19(26)25(4)20(21(24)27)14-6-5-7-15(23)9-14/h5-10,12,20H,11H2,1-4H3,(H2,24,27). The van der Waals surface area contributed by atoms with E-state index in [0.29, 0.717) is 16.3 Å². The molecule has 150 valence electrons. The molecule has 0 spiro atoms. The summed E-state index contributed by atoms with van der Waals surface area (Å²) in [4.78, 5) is 25.7. The number of carbonyl (C=O) groups is 2. The summed E-state index contributed by atoms with van der Waals surface area (Å²) in [6, 6.07) is 7.95. The van der Waals surface area contributed by atoms with Gasteiger partial charge in [-0.05, 0) is 53.8 Å². The highest BCUT2D eigenvalue weighted by atomic mass is 35.5. The van der Waals surface area contributed by atoms with E-state index < -0.39 is 23.7 Å². The third-order valence-electron chi connectivity index (χ3n) is 4.48. The summed E-state index contributed by atoms with van der Waals surface area (Å²) in [7, 11) is 1.43. The first kappa shape index (κ1) is 21.7. The fraction of sp³-hybridized carbons (Fsp3) is 0.333. The molecule has 0 aliphatic heterocycles. The molecule has 2 N–H and O–H groups in total. The molecule has 2 aromatic rings. The highest BCUT2D eigenvalue weighted by Gasteiger charge is 2.27. The van der Waals surface area contributed by atoms with E-state index in [0.717, 1.165) is 16.0 Å². The molecule has 0 heterocycles. The number of primary amides is 1. The smallest absolute Gasteiger partial charge is 0.261 e. The Bertz CT molecular complexity index is 886. The first-order valence-corrected chi connectivity index (χ1v) is 9.23. The second-order valence-electron chi connectivity index (χ2n) is 6.95. The van der Waals surface area contributed by atoms with Crippen LogP contribution in [0, 0.1) is 12.7 Å². The first-order chi connectivity index (χ1) is 13.1. The Balaban J connectivity index is 2.20. The zero-order valence-corrected chi connectivity index (χ0v) is 17.1. The largest absolute Gasteiger partial charge is 0.483 e. The van der Waals surface area contributed by atoms with E-state index in [4.69, 9.17) is 22.1 Å². The predicted molar refractivity (Wildman–Crippen MR) is 107 cm³/mol. The maximum absolute atomic E-state index is 13.5. The number of ether oxygens (including phenoxy) is 1. The molecule has 7 heteroatoms. The van der Waals surface area contributed by atoms with Crippen molar-refractivity contribution in [2.24, 2.45) is 5.73 Å². The molecule has 5 nitrogen and oxygen atoms in total. The Kier molecular flexibility index (Phi) is 7.02. The van der Waals surface area contributed by atoms with Gasteiger partial charge in [0.25, 0.3) is 5.91 Å². The SMILES string of the molecule is Cc1cc(OCC(=O)N(C)C(C(N)=O)c2cccc(F)c2)c(C(C)C)cc1Cl. The first-order valence-electron chi connectivity index (χ1n) is 8.85. The number of likely N-dealkylation sites (N-methyl/N-ethyl adjacent to an activating group) is 1. The van der Waals surface area contributed by atoms with Gasteiger partial charge in [0.05, 0.1) is 0 Å². The summed E-state index contributed by atoms with van der Waals surface area (Å²) in [5.74, 6) is -1.03. The van der Waals surface area contributed by atoms with Crippen molar-refractivity contribution in [3.8, 4) is 5.75 Å². The summed E-state index contributed by atoms with van der Waals surface area (Å²) < 4.78 is 19.3. The number of amides is 2. The van der Waals surface area contributed by atoms with Crippen molar-refractivity contribution in [3.63, 3.8) is 0 Å². The third-order valence-corrected chi connectivity index (χ3v) is 4.89. The van der Waals surface area contributed by atoms with E-state index in [9.17, 15) is 14.0 Å². The number of halogens is 2. The van der Waals surface area contributed by atoms with E-state index in [1.54, 1.807) is 12.1 Å². The quantitative estimate of drug-likeness (QED) is 0.756. The predicted octanol–water partition coefficient (Wildman–Crippen LogP) is 3.97. The van der Waals surface area contributed by atoms with E-state index >= 15 is 0 Å². The van der Waals surface area contributed by atoms with Gasteiger partial charge in [-0.25, -0.2) is 4.39 Å². The van der Waals surface area contributed by atoms with Crippen LogP contribution >= 0.6 is 11.6 Å². The minimum absolute atomic E-state index is 0.145. The number of nitrogens with two attached hydrogens (primary N) is 1. The molecule has 28 heavy (non-hydrogen) atoms. The molecule has 0 saturated carbocycles. The van der Waals surface area contributed by atoms with Gasteiger partial charge in [0, 0.05) is 12.1 Å². The molecular formula is C21H24ClFN2O3. The monoisotopic (exact) mass is 406 g/mol. The molecule has 0 saturated heterocycles. The van der Waals surface area contributed by atoms with Crippen molar-refractivity contribution < 1.29 is 18.7 Å². The molecule has 1 atom stereocenters. The fourth-order valence-electron chi connectivity index (χ4n) is 2.89. The minimum atomic E-state index is -1.09. The van der Waals surface area contributed by atoms with Crippen molar-refractivity contribution in [1.82, 2.24) is 4.90 Å². The van der Waals surface area contributed by atoms with Gasteiger partial charge in [-0.3, -0.25) is 9.59 Å². The van der Waals surface area contributed by atoms with Gasteiger partial charge in [0.1, 0.15) is 17.6 Å². The lowest BCUT2D eigenvalue weighted by Crippen LogP contribution is -2.41. The Morgan fingerprint density at radius 1 is 1.25 bits per heavy atom. The molecule has 2 aromatic carbocycles. The van der Waals surface area contributed by atoms with E-state index in [2.05, 4.69) is 0 Å². The zero-order valence-electron chi connectivity index (χ0n) is 16.3. The number of carbonyl (C=O) groups excluding carboxylic acids is 2. The minimum Gasteiger partial charge on any atom is -0.483 e. The lowest BCUT2D eigenvalue weighted by molar-refractivity contribution is -0.139. The summed E-state index contributed by atoms with van der Waals surface area (Å²) in [6.07, 6.45) is 0. The van der Waals surface area contributed by atoms with E-state index in [1.807, 2.05) is 26.8 Å². The highest BCUT2D eigenvalue weighted by molar-refractivity contribution is 6.31. The topological polar surface area (TPSA) is 72.6 Å². The van der Waals surface area contributed by atoms with E-state index in [1.165, 1.54) is 25.2 Å². The molecule has 2 rings (SSSR count). The van der Waals surface area contributed by atoms with Crippen LogP contribution in [0.25, 0.3) is 0 Å². The van der Waals surface area contributed by atoms with Crippen LogP contribution in [-0.2, 0) is 9.59 Å². The second kappa shape index (κ2) is 9.06. The third kappa shape index (κ3) is 5.01. The lowest BCUT2D eigenvalue weighted by Gasteiger charge is -2.26. The summed E-state index contributed by atoms with van der Waals surface area (Å²) in [5, 5.41) is 0.624. The average molecular weight is 407 g/mol. The molecule has 0 radical (unpaired) electrons. The molecule has 0 aliphatic rings. The maximum atomic E-state index is 13.5. The van der Waals surface area contributed by atoms with Crippen LogP contribution in [0.4, 0.5) is 4.39 Å². The van der Waals surface area contributed by atoms with Crippen molar-refractivity contribution in [2.75, 3.05) is 13.7 Å². The highest BCUT2D eigenvalue weighted by Crippen LogP contribution is 2.32. The van der Waals surface area contributed by atoms with Crippen LogP contribution < -0.4 is 10.5 Å². The van der Waals surface area contributed by atoms with Gasteiger partial charge in [0.15, 0.2) is 6.61 Å². The van der Waals surface area contributed by atoms with Crippen LogP contribution in [0.3, 0.4) is 0 Å². The van der Waals surface area contributed by atoms with Gasteiger partial charge in [-0.1, -0.05) is 37.6 Å². The van der Waals surface area contributed by atoms with Gasteiger partial charge in [0.2, 0.25) is 5.91 Å². The van der Waals surface area contributed by atoms with Crippen molar-refractivity contribution in [1.29, 1.82) is 0 Å². The summed E-state index contributed by atoms with van der Waals surface area (Å²) in [5.41, 5.74) is 7.46. The van der Waals surface area contributed by atoms with Crippen molar-refractivity contribution >= 4 is 23.4 Å². The maximum Gasteiger partial charge on any atom is 0.261 e. The molecule has 0 aliphatic carbocycles. The zero-order chi connectivity index (χ0) is 21.0. The fourth-order valence-corrected chi connectivity index (χ4v) is 3.06. The van der Waals surface area contributed by atoms with Crippen LogP contribution in [0.2, 0.25) is 5.02 Å². The Labute approximate surface area is 169 Å². The molecular weight excluding hydrogens is 383 g/mol. The number of aryl methyl sites for hydroxylation is 1. The number of hydrogen-bond acceptors (Lipinski definition) is 3. The van der Waals surface area contributed by atoms with Crippen molar-refractivity contribution in [3.05, 3.63) is 63.9 Å². The van der Waals surface area contributed by atoms with Crippen LogP contribution in [-0.4, -0.2) is 30.4 Å². The van der Waals surface area contributed by atoms with E-state index in [-0.39, 0.29) is 12.5 Å². The van der Waals surface area contributed by atoms with Gasteiger partial charge in [-0.2, -0.15) is 0 Å². The number of hydrogen-bond donors (Lipinski definition) is 1. The van der Waals surface area contributed by atoms with Crippen LogP contribution in [0.1, 0.15) is 42.5 Å².